The smallest absolute Gasteiger partial charge is 0.416 e. The predicted molar refractivity (Wildman–Crippen MR) is 208 cm³/mol. The number of hydrogen-bond donors (Lipinski definition) is 3. The van der Waals surface area contributed by atoms with Gasteiger partial charge in [-0.25, -0.2) is 14.4 Å². The maximum atomic E-state index is 15.6. The number of likely N-dealkylation sites (tertiary alicyclic amines) is 1. The van der Waals surface area contributed by atoms with E-state index in [-0.39, 0.29) is 47.5 Å². The number of rotatable bonds is 9. The second-order valence-electron chi connectivity index (χ2n) is 15.4. The lowest BCUT2D eigenvalue weighted by Gasteiger charge is -2.38. The number of fused-ring (bicyclic) bond motifs is 2. The monoisotopic (exact) mass is 818 g/mol. The summed E-state index contributed by atoms with van der Waals surface area (Å²) in [7, 11) is 1.53. The largest absolute Gasteiger partial charge is 0.493 e. The Balaban J connectivity index is 0.928. The molecule has 1 unspecified atom stereocenters. The predicted octanol–water partition coefficient (Wildman–Crippen LogP) is 5.38. The minimum atomic E-state index is -4.56. The molecule has 4 aromatic rings. The summed E-state index contributed by atoms with van der Waals surface area (Å²) in [5.41, 5.74) is 6.02. The Bertz CT molecular complexity index is 2390. The molecular weight excluding hydrogens is 776 g/mol. The van der Waals surface area contributed by atoms with Crippen molar-refractivity contribution in [1.82, 2.24) is 25.1 Å². The number of piperidine rings is 2. The fourth-order valence-corrected chi connectivity index (χ4v) is 8.55. The van der Waals surface area contributed by atoms with Gasteiger partial charge in [0.1, 0.15) is 29.6 Å². The second kappa shape index (κ2) is 15.3. The van der Waals surface area contributed by atoms with Crippen molar-refractivity contribution >= 4 is 51.7 Å². The fourth-order valence-electron chi connectivity index (χ4n) is 8.55. The van der Waals surface area contributed by atoms with Crippen molar-refractivity contribution in [3.63, 3.8) is 0 Å². The first-order valence-corrected chi connectivity index (χ1v) is 19.4. The number of nitrogens with one attached hydrogen (secondary N) is 2. The molecule has 4 amide bonds. The van der Waals surface area contributed by atoms with Crippen molar-refractivity contribution in [3.05, 3.63) is 76.4 Å². The number of halogens is 4. The lowest BCUT2D eigenvalue weighted by Crippen LogP contribution is -2.54. The van der Waals surface area contributed by atoms with Crippen LogP contribution in [0.5, 0.6) is 11.5 Å². The van der Waals surface area contributed by atoms with Crippen LogP contribution in [0, 0.1) is 12.7 Å². The highest BCUT2D eigenvalue weighted by Gasteiger charge is 2.45. The van der Waals surface area contributed by atoms with Crippen molar-refractivity contribution in [2.45, 2.75) is 76.4 Å². The molecule has 0 bridgehead atoms. The molecule has 0 saturated carbocycles. The topological polar surface area (TPSA) is 172 Å². The van der Waals surface area contributed by atoms with Gasteiger partial charge in [0.2, 0.25) is 11.8 Å². The normalized spacial score (nSPS) is 20.9. The molecule has 18 heteroatoms. The van der Waals surface area contributed by atoms with Crippen LogP contribution in [0.4, 0.5) is 34.8 Å². The molecular formula is C41H42F4N8O6. The quantitative estimate of drug-likeness (QED) is 0.112. The molecule has 5 heterocycles. The van der Waals surface area contributed by atoms with Crippen molar-refractivity contribution in [2.75, 3.05) is 49.2 Å². The molecule has 0 spiro atoms. The van der Waals surface area contributed by atoms with E-state index < -0.39 is 53.3 Å². The number of hydrogen-bond acceptors (Lipinski definition) is 12. The molecule has 4 N–H and O–H groups in total. The van der Waals surface area contributed by atoms with Gasteiger partial charge in [0.25, 0.3) is 11.8 Å². The summed E-state index contributed by atoms with van der Waals surface area (Å²) in [5.74, 6) is -1.51. The molecule has 0 radical (unpaired) electrons. The summed E-state index contributed by atoms with van der Waals surface area (Å²) in [5, 5.41) is 6.00. The number of ether oxygens (including phenoxy) is 2. The number of amides is 4. The van der Waals surface area contributed by atoms with E-state index in [9.17, 15) is 32.3 Å². The van der Waals surface area contributed by atoms with Crippen LogP contribution in [0.15, 0.2) is 42.5 Å². The van der Waals surface area contributed by atoms with Gasteiger partial charge in [-0.1, -0.05) is 0 Å². The van der Waals surface area contributed by atoms with Gasteiger partial charge in [-0.05, 0) is 81.5 Å². The van der Waals surface area contributed by atoms with Crippen LogP contribution in [0.3, 0.4) is 0 Å². The summed E-state index contributed by atoms with van der Waals surface area (Å²) in [6.45, 7) is 5.83. The van der Waals surface area contributed by atoms with Crippen LogP contribution >= 0.6 is 0 Å². The molecule has 0 aliphatic carbocycles. The molecule has 4 aliphatic rings. The van der Waals surface area contributed by atoms with Crippen LogP contribution in [0.2, 0.25) is 0 Å². The van der Waals surface area contributed by atoms with E-state index >= 15 is 4.39 Å². The fraction of sp³-hybridized carbons (Fsp3) is 0.415. The van der Waals surface area contributed by atoms with Crippen LogP contribution in [0.25, 0.3) is 10.9 Å². The molecule has 8 rings (SSSR count). The van der Waals surface area contributed by atoms with Gasteiger partial charge >= 0.3 is 6.18 Å². The number of anilines is 3. The number of nitrogens with zero attached hydrogens (tertiary/aromatic N) is 5. The molecule has 3 saturated heterocycles. The Morgan fingerprint density at radius 3 is 2.34 bits per heavy atom. The van der Waals surface area contributed by atoms with Gasteiger partial charge < -0.3 is 25.4 Å². The molecule has 3 atom stereocenters. The molecule has 4 aliphatic heterocycles. The average molecular weight is 819 g/mol. The van der Waals surface area contributed by atoms with E-state index in [1.807, 2.05) is 4.90 Å². The Hall–Kier alpha value is -6.04. The minimum Gasteiger partial charge on any atom is -0.493 e. The third-order valence-electron chi connectivity index (χ3n) is 11.5. The zero-order chi connectivity index (χ0) is 41.9. The number of nitrogens with two attached hydrogens (primary N) is 1. The van der Waals surface area contributed by atoms with E-state index in [1.165, 1.54) is 19.2 Å². The highest BCUT2D eigenvalue weighted by Crippen LogP contribution is 2.39. The van der Waals surface area contributed by atoms with Crippen LogP contribution in [0.1, 0.15) is 82.7 Å². The van der Waals surface area contributed by atoms with Gasteiger partial charge in [0.15, 0.2) is 11.5 Å². The van der Waals surface area contributed by atoms with E-state index in [1.54, 1.807) is 26.0 Å². The Kier molecular flexibility index (Phi) is 10.3. The van der Waals surface area contributed by atoms with Crippen molar-refractivity contribution in [2.24, 2.45) is 0 Å². The number of carbonyl (C=O) groups is 4. The lowest BCUT2D eigenvalue weighted by molar-refractivity contribution is -0.138. The third-order valence-corrected chi connectivity index (χ3v) is 11.5. The first kappa shape index (κ1) is 39.8. The first-order chi connectivity index (χ1) is 28.1. The standard InChI is InChI=1S/C41H42F4N8O6/c1-20(22-12-23(41(43,44)45)14-24(46)13-22)47-37-29-17-35(34(58-3)18-31(29)48-21(2)49-37)59-26-8-11-52(19-26)25-6-9-51(10-7-25)33-16-28-27(15-30(33)42)39(56)53(40(28)57)32-4-5-36(54)50-38(32)55/h12-18,20,25-26,32H,4-11,19,46H2,1-3H3,(H,47,48,49)(H,50,54,55)/t20-,26+,32?/m1/s1. The summed E-state index contributed by atoms with van der Waals surface area (Å²) in [6, 6.07) is 7.88. The summed E-state index contributed by atoms with van der Waals surface area (Å²) in [4.78, 5) is 64.8. The molecule has 310 valence electrons. The number of aromatic nitrogens is 2. The minimum absolute atomic E-state index is 0.00483. The number of imide groups is 2. The van der Waals surface area contributed by atoms with Gasteiger partial charge in [-0.2, -0.15) is 13.2 Å². The molecule has 59 heavy (non-hydrogen) atoms. The molecule has 14 nitrogen and oxygen atoms in total. The van der Waals surface area contributed by atoms with Crippen molar-refractivity contribution in [1.29, 1.82) is 0 Å². The summed E-state index contributed by atoms with van der Waals surface area (Å²) in [6.07, 6.45) is -2.61. The zero-order valence-corrected chi connectivity index (χ0v) is 32.5. The maximum Gasteiger partial charge on any atom is 0.416 e. The third kappa shape index (κ3) is 7.68. The lowest BCUT2D eigenvalue weighted by atomic mass is 10.0. The average Bonchev–Trinajstić information content (AvgIpc) is 3.75. The van der Waals surface area contributed by atoms with E-state index in [4.69, 9.17) is 15.2 Å². The van der Waals surface area contributed by atoms with Crippen LogP contribution in [-0.4, -0.2) is 94.9 Å². The SMILES string of the molecule is COc1cc2nc(C)nc(N[C@H](C)c3cc(N)cc(C(F)(F)F)c3)c2cc1O[C@H]1CCN(C2CCN(c3cc4c(cc3F)C(=O)N(C3CCC(=O)NC3=O)C4=O)CC2)C1. The number of carbonyl (C=O) groups excluding carboxylic acids is 4. The number of alkyl halides is 3. The van der Waals surface area contributed by atoms with E-state index in [2.05, 4.69) is 25.5 Å². The zero-order valence-electron chi connectivity index (χ0n) is 32.5. The highest BCUT2D eigenvalue weighted by atomic mass is 19.4. The van der Waals surface area contributed by atoms with Gasteiger partial charge in [0, 0.05) is 55.8 Å². The Morgan fingerprint density at radius 1 is 0.915 bits per heavy atom. The molecule has 3 fully saturated rings. The van der Waals surface area contributed by atoms with Crippen molar-refractivity contribution in [3.8, 4) is 11.5 Å². The first-order valence-electron chi connectivity index (χ1n) is 19.4. The van der Waals surface area contributed by atoms with Crippen molar-refractivity contribution < 1.29 is 46.2 Å². The number of benzene rings is 3. The van der Waals surface area contributed by atoms with E-state index in [0.717, 1.165) is 36.1 Å². The number of nitrogen functional groups attached to an aromatic ring is 1. The van der Waals surface area contributed by atoms with Crippen LogP contribution in [-0.2, 0) is 15.8 Å². The number of methoxy groups -OCH3 is 1. The summed E-state index contributed by atoms with van der Waals surface area (Å²) >= 11 is 0. The number of aryl methyl sites for hydroxylation is 1. The Labute approximate surface area is 336 Å². The highest BCUT2D eigenvalue weighted by molar-refractivity contribution is 6.23. The van der Waals surface area contributed by atoms with Gasteiger partial charge in [-0.15, -0.1) is 0 Å². The maximum absolute atomic E-state index is 15.6. The van der Waals surface area contributed by atoms with E-state index in [0.29, 0.717) is 72.1 Å². The Morgan fingerprint density at radius 2 is 1.64 bits per heavy atom. The van der Waals surface area contributed by atoms with Gasteiger partial charge in [0.05, 0.1) is 41.0 Å². The second-order valence-corrected chi connectivity index (χ2v) is 15.4. The molecule has 1 aromatic heterocycles. The molecule has 3 aromatic carbocycles. The summed E-state index contributed by atoms with van der Waals surface area (Å²) < 4.78 is 68.5. The van der Waals surface area contributed by atoms with Gasteiger partial charge in [-0.3, -0.25) is 34.3 Å². The van der Waals surface area contributed by atoms with Crippen LogP contribution < -0.4 is 30.7 Å².